The van der Waals surface area contributed by atoms with Gasteiger partial charge in [0.2, 0.25) is 0 Å². The predicted molar refractivity (Wildman–Crippen MR) is 85.6 cm³/mol. The number of amides is 1. The number of halogens is 5. The summed E-state index contributed by atoms with van der Waals surface area (Å²) >= 11 is 11.8. The molecule has 0 aliphatic rings. The van der Waals surface area contributed by atoms with Gasteiger partial charge in [-0.15, -0.1) is 0 Å². The molecule has 24 heavy (non-hydrogen) atoms. The minimum absolute atomic E-state index is 0.0975. The summed E-state index contributed by atoms with van der Waals surface area (Å²) in [5, 5.41) is 3.09. The molecule has 0 bridgehead atoms. The van der Waals surface area contributed by atoms with Crippen molar-refractivity contribution in [1.82, 2.24) is 5.32 Å². The zero-order chi connectivity index (χ0) is 17.7. The first-order valence-corrected chi connectivity index (χ1v) is 7.52. The normalized spacial score (nSPS) is 11.2. The molecule has 3 nitrogen and oxygen atoms in total. The van der Waals surface area contributed by atoms with Crippen LogP contribution < -0.4 is 10.1 Å². The van der Waals surface area contributed by atoms with Crippen LogP contribution in [0, 0.1) is 0 Å². The van der Waals surface area contributed by atoms with Gasteiger partial charge >= 0.3 is 6.18 Å². The van der Waals surface area contributed by atoms with Crippen molar-refractivity contribution in [3.8, 4) is 5.75 Å². The number of hydrogen-bond acceptors (Lipinski definition) is 2. The van der Waals surface area contributed by atoms with Crippen LogP contribution in [0.25, 0.3) is 0 Å². The molecule has 2 aromatic rings. The van der Waals surface area contributed by atoms with Gasteiger partial charge in [0, 0.05) is 6.54 Å². The van der Waals surface area contributed by atoms with Gasteiger partial charge in [-0.3, -0.25) is 4.79 Å². The Morgan fingerprint density at radius 3 is 2.38 bits per heavy atom. The molecule has 128 valence electrons. The zero-order valence-corrected chi connectivity index (χ0v) is 13.7. The Morgan fingerprint density at radius 1 is 1.08 bits per heavy atom. The number of hydrogen-bond donors (Lipinski definition) is 1. The van der Waals surface area contributed by atoms with E-state index >= 15 is 0 Å². The Balaban J connectivity index is 1.92. The Labute approximate surface area is 146 Å². The third-order valence-electron chi connectivity index (χ3n) is 2.98. The van der Waals surface area contributed by atoms with Gasteiger partial charge in [-0.25, -0.2) is 0 Å². The number of benzene rings is 2. The van der Waals surface area contributed by atoms with Gasteiger partial charge in [-0.05, 0) is 29.8 Å². The van der Waals surface area contributed by atoms with Crippen molar-refractivity contribution in [2.75, 3.05) is 6.61 Å². The van der Waals surface area contributed by atoms with Crippen molar-refractivity contribution >= 4 is 29.1 Å². The fourth-order valence-corrected chi connectivity index (χ4v) is 2.21. The Kier molecular flexibility index (Phi) is 5.96. The molecule has 1 amide bonds. The maximum atomic E-state index is 12.1. The van der Waals surface area contributed by atoms with Crippen LogP contribution in [-0.2, 0) is 6.54 Å². The standard InChI is InChI=1S/C16H12Cl2F3NO2/c17-13-3-1-2-12(14(13)18)15(23)22-8-10-4-6-11(7-5-10)24-9-16(19,20)21/h1-7H,8-9H2,(H,22,23). The van der Waals surface area contributed by atoms with Crippen LogP contribution in [-0.4, -0.2) is 18.7 Å². The van der Waals surface area contributed by atoms with Crippen LogP contribution in [0.1, 0.15) is 15.9 Å². The number of nitrogens with one attached hydrogen (secondary N) is 1. The molecule has 0 heterocycles. The maximum Gasteiger partial charge on any atom is 0.422 e. The van der Waals surface area contributed by atoms with Gasteiger partial charge in [0.05, 0.1) is 15.6 Å². The number of carbonyl (C=O) groups is 1. The molecule has 0 aliphatic heterocycles. The lowest BCUT2D eigenvalue weighted by Gasteiger charge is -2.10. The maximum absolute atomic E-state index is 12.1. The van der Waals surface area contributed by atoms with E-state index in [0.717, 1.165) is 0 Å². The zero-order valence-electron chi connectivity index (χ0n) is 12.2. The first-order chi connectivity index (χ1) is 11.3. The number of rotatable bonds is 5. The summed E-state index contributed by atoms with van der Waals surface area (Å²) in [4.78, 5) is 12.1. The fraction of sp³-hybridized carbons (Fsp3) is 0.188. The second-order valence-electron chi connectivity index (χ2n) is 4.83. The van der Waals surface area contributed by atoms with Crippen molar-refractivity contribution in [1.29, 1.82) is 0 Å². The Hall–Kier alpha value is -1.92. The molecule has 8 heteroatoms. The lowest BCUT2D eigenvalue weighted by Crippen LogP contribution is -2.23. The molecular formula is C16H12Cl2F3NO2. The summed E-state index contributed by atoms with van der Waals surface area (Å²) in [5.74, 6) is -0.305. The van der Waals surface area contributed by atoms with E-state index in [0.29, 0.717) is 5.56 Å². The Morgan fingerprint density at radius 2 is 1.75 bits per heavy atom. The van der Waals surface area contributed by atoms with E-state index in [-0.39, 0.29) is 27.9 Å². The molecule has 0 atom stereocenters. The molecule has 2 aromatic carbocycles. The van der Waals surface area contributed by atoms with Crippen molar-refractivity contribution in [2.45, 2.75) is 12.7 Å². The highest BCUT2D eigenvalue weighted by atomic mass is 35.5. The molecule has 0 saturated carbocycles. The topological polar surface area (TPSA) is 38.3 Å². The molecule has 0 saturated heterocycles. The minimum atomic E-state index is -4.39. The number of ether oxygens (including phenoxy) is 1. The average Bonchev–Trinajstić information content (AvgIpc) is 2.53. The van der Waals surface area contributed by atoms with Crippen molar-refractivity contribution < 1.29 is 22.7 Å². The van der Waals surface area contributed by atoms with E-state index in [4.69, 9.17) is 23.2 Å². The molecule has 1 N–H and O–H groups in total. The molecule has 0 aliphatic carbocycles. The van der Waals surface area contributed by atoms with E-state index in [1.54, 1.807) is 24.3 Å². The summed E-state index contributed by atoms with van der Waals surface area (Å²) in [6.45, 7) is -1.17. The van der Waals surface area contributed by atoms with Crippen LogP contribution in [0.2, 0.25) is 10.0 Å². The molecule has 0 fully saturated rings. The van der Waals surface area contributed by atoms with Crippen LogP contribution in [0.4, 0.5) is 13.2 Å². The van der Waals surface area contributed by atoms with Crippen molar-refractivity contribution in [3.63, 3.8) is 0 Å². The summed E-state index contributed by atoms with van der Waals surface area (Å²) in [6.07, 6.45) is -4.39. The van der Waals surface area contributed by atoms with Crippen molar-refractivity contribution in [2.24, 2.45) is 0 Å². The van der Waals surface area contributed by atoms with E-state index < -0.39 is 18.7 Å². The van der Waals surface area contributed by atoms with Gasteiger partial charge in [-0.2, -0.15) is 13.2 Å². The second kappa shape index (κ2) is 7.77. The minimum Gasteiger partial charge on any atom is -0.484 e. The molecule has 2 rings (SSSR count). The lowest BCUT2D eigenvalue weighted by molar-refractivity contribution is -0.153. The first kappa shape index (κ1) is 18.4. The third kappa shape index (κ3) is 5.32. The highest BCUT2D eigenvalue weighted by molar-refractivity contribution is 6.43. The highest BCUT2D eigenvalue weighted by Crippen LogP contribution is 2.25. The van der Waals surface area contributed by atoms with E-state index in [9.17, 15) is 18.0 Å². The van der Waals surface area contributed by atoms with Crippen LogP contribution in [0.5, 0.6) is 5.75 Å². The monoisotopic (exact) mass is 377 g/mol. The first-order valence-electron chi connectivity index (χ1n) is 6.77. The van der Waals surface area contributed by atoms with Gasteiger partial charge in [0.15, 0.2) is 6.61 Å². The summed E-state index contributed by atoms with van der Waals surface area (Å²) < 4.78 is 40.8. The number of carbonyl (C=O) groups excluding carboxylic acids is 1. The summed E-state index contributed by atoms with van der Waals surface area (Å²) in [6, 6.07) is 10.6. The van der Waals surface area contributed by atoms with Gasteiger partial charge in [-0.1, -0.05) is 41.4 Å². The largest absolute Gasteiger partial charge is 0.484 e. The van der Waals surface area contributed by atoms with Crippen LogP contribution in [0.3, 0.4) is 0 Å². The predicted octanol–water partition coefficient (Wildman–Crippen LogP) is 4.86. The molecule has 0 unspecified atom stereocenters. The second-order valence-corrected chi connectivity index (χ2v) is 5.62. The van der Waals surface area contributed by atoms with E-state index in [1.807, 2.05) is 0 Å². The summed E-state index contributed by atoms with van der Waals surface area (Å²) in [7, 11) is 0. The van der Waals surface area contributed by atoms with E-state index in [2.05, 4.69) is 10.1 Å². The Bertz CT molecular complexity index is 718. The smallest absolute Gasteiger partial charge is 0.422 e. The molecule has 0 aromatic heterocycles. The SMILES string of the molecule is O=C(NCc1ccc(OCC(F)(F)F)cc1)c1cccc(Cl)c1Cl. The van der Waals surface area contributed by atoms with E-state index in [1.165, 1.54) is 18.2 Å². The third-order valence-corrected chi connectivity index (χ3v) is 3.79. The van der Waals surface area contributed by atoms with Gasteiger partial charge < -0.3 is 10.1 Å². The molecule has 0 spiro atoms. The number of alkyl halides is 3. The van der Waals surface area contributed by atoms with Gasteiger partial charge in [0.1, 0.15) is 5.75 Å². The van der Waals surface area contributed by atoms with Crippen LogP contribution >= 0.6 is 23.2 Å². The van der Waals surface area contributed by atoms with Crippen molar-refractivity contribution in [3.05, 3.63) is 63.6 Å². The van der Waals surface area contributed by atoms with Gasteiger partial charge in [0.25, 0.3) is 5.91 Å². The fourth-order valence-electron chi connectivity index (χ4n) is 1.83. The quantitative estimate of drug-likeness (QED) is 0.807. The molecule has 0 radical (unpaired) electrons. The summed E-state index contributed by atoms with van der Waals surface area (Å²) in [5.41, 5.74) is 0.940. The van der Waals surface area contributed by atoms with Crippen LogP contribution in [0.15, 0.2) is 42.5 Å². The average molecular weight is 378 g/mol. The lowest BCUT2D eigenvalue weighted by atomic mass is 10.2. The molecular weight excluding hydrogens is 366 g/mol. The highest BCUT2D eigenvalue weighted by Gasteiger charge is 2.28.